The second kappa shape index (κ2) is 17.0. The van der Waals surface area contributed by atoms with E-state index in [0.29, 0.717) is 11.5 Å². The monoisotopic (exact) mass is 730 g/mol. The van der Waals surface area contributed by atoms with Crippen LogP contribution in [0.2, 0.25) is 0 Å². The van der Waals surface area contributed by atoms with E-state index >= 15 is 0 Å². The van der Waals surface area contributed by atoms with Gasteiger partial charge in [0.2, 0.25) is 11.8 Å². The van der Waals surface area contributed by atoms with E-state index in [9.17, 15) is 28.8 Å². The number of methoxy groups -OCH3 is 2. The molecule has 2 fully saturated rings. The molecule has 14 nitrogen and oxygen atoms in total. The molecule has 0 aliphatic carbocycles. The number of thiocarbonyl (C=S) groups is 2. The Morgan fingerprint density at radius 1 is 0.646 bits per heavy atom. The van der Waals surface area contributed by atoms with Crippen molar-refractivity contribution in [2.24, 2.45) is 0 Å². The van der Waals surface area contributed by atoms with Crippen LogP contribution >= 0.6 is 48.0 Å². The highest BCUT2D eigenvalue weighted by atomic mass is 32.2. The SMILES string of the molecule is COc1ccccc1C(=O)NNC(=O)CCCN1C(=O)C(=C2SC(=S)N(CCCC(=O)NNC(=O)c3ccccc3OC)C2=O)SC1=S. The Labute approximate surface area is 294 Å². The van der Waals surface area contributed by atoms with Gasteiger partial charge in [-0.25, -0.2) is 0 Å². The topological polar surface area (TPSA) is 175 Å². The van der Waals surface area contributed by atoms with Crippen molar-refractivity contribution in [3.63, 3.8) is 0 Å². The van der Waals surface area contributed by atoms with E-state index in [0.717, 1.165) is 23.5 Å². The van der Waals surface area contributed by atoms with Gasteiger partial charge in [-0.15, -0.1) is 0 Å². The molecule has 2 aliphatic heterocycles. The molecule has 2 aromatic carbocycles. The number of benzene rings is 2. The van der Waals surface area contributed by atoms with E-state index in [4.69, 9.17) is 33.9 Å². The molecule has 2 aliphatic rings. The van der Waals surface area contributed by atoms with Gasteiger partial charge in [-0.3, -0.25) is 60.3 Å². The highest BCUT2D eigenvalue weighted by molar-refractivity contribution is 8.29. The number of amides is 6. The van der Waals surface area contributed by atoms with Crippen molar-refractivity contribution in [1.29, 1.82) is 0 Å². The first-order valence-corrected chi connectivity index (χ1v) is 16.8. The van der Waals surface area contributed by atoms with Crippen LogP contribution in [0.5, 0.6) is 11.5 Å². The van der Waals surface area contributed by atoms with Crippen LogP contribution in [0.1, 0.15) is 46.4 Å². The van der Waals surface area contributed by atoms with Crippen molar-refractivity contribution in [2.75, 3.05) is 27.3 Å². The summed E-state index contributed by atoms with van der Waals surface area (Å²) >= 11 is 12.7. The molecule has 0 atom stereocenters. The van der Waals surface area contributed by atoms with E-state index in [1.165, 1.54) is 24.0 Å². The quantitative estimate of drug-likeness (QED) is 0.143. The number of thioether (sulfide) groups is 2. The molecule has 0 unspecified atom stereocenters. The van der Waals surface area contributed by atoms with Crippen LogP contribution < -0.4 is 31.2 Å². The molecule has 18 heteroatoms. The molecular formula is C30H30N6O8S4. The predicted octanol–water partition coefficient (Wildman–Crippen LogP) is 2.42. The van der Waals surface area contributed by atoms with Crippen LogP contribution in [0.25, 0.3) is 0 Å². The lowest BCUT2D eigenvalue weighted by Gasteiger charge is -2.15. The number of carbonyl (C=O) groups is 6. The minimum atomic E-state index is -0.549. The van der Waals surface area contributed by atoms with Crippen molar-refractivity contribution in [1.82, 2.24) is 31.5 Å². The third-order valence-corrected chi connectivity index (χ3v) is 9.84. The maximum atomic E-state index is 13.2. The number of para-hydroxylation sites is 2. The number of ether oxygens (including phenoxy) is 2. The smallest absolute Gasteiger partial charge is 0.273 e. The Hall–Kier alpha value is -4.52. The summed E-state index contributed by atoms with van der Waals surface area (Å²) < 4.78 is 10.8. The van der Waals surface area contributed by atoms with E-state index in [2.05, 4.69) is 21.7 Å². The summed E-state index contributed by atoms with van der Waals surface area (Å²) in [5.41, 5.74) is 9.83. The fraction of sp³-hybridized carbons (Fsp3) is 0.267. The lowest BCUT2D eigenvalue weighted by atomic mass is 10.2. The molecule has 0 saturated carbocycles. The van der Waals surface area contributed by atoms with Gasteiger partial charge < -0.3 is 9.47 Å². The molecule has 4 N–H and O–H groups in total. The minimum Gasteiger partial charge on any atom is -0.496 e. The summed E-state index contributed by atoms with van der Waals surface area (Å²) in [4.78, 5) is 78.7. The maximum Gasteiger partial charge on any atom is 0.273 e. The molecule has 0 radical (unpaired) electrons. The second-order valence-corrected chi connectivity index (χ2v) is 13.2. The first kappa shape index (κ1) is 36.3. The fourth-order valence-corrected chi connectivity index (χ4v) is 7.20. The lowest BCUT2D eigenvalue weighted by Crippen LogP contribution is -2.42. The number of carbonyl (C=O) groups excluding carboxylic acids is 6. The molecule has 0 bridgehead atoms. The number of nitrogens with one attached hydrogen (secondary N) is 4. The molecule has 2 heterocycles. The fourth-order valence-electron chi connectivity index (χ4n) is 4.43. The summed E-state index contributed by atoms with van der Waals surface area (Å²) in [7, 11) is 2.86. The van der Waals surface area contributed by atoms with Gasteiger partial charge in [-0.1, -0.05) is 72.2 Å². The van der Waals surface area contributed by atoms with Crippen molar-refractivity contribution < 1.29 is 38.2 Å². The number of nitrogens with zero attached hydrogens (tertiary/aromatic N) is 2. The average Bonchev–Trinajstić information content (AvgIpc) is 3.54. The van der Waals surface area contributed by atoms with Crippen LogP contribution in [0.15, 0.2) is 58.3 Å². The largest absolute Gasteiger partial charge is 0.496 e. The normalized spacial score (nSPS) is 15.8. The van der Waals surface area contributed by atoms with Gasteiger partial charge >= 0.3 is 0 Å². The molecular weight excluding hydrogens is 701 g/mol. The average molecular weight is 731 g/mol. The van der Waals surface area contributed by atoms with Gasteiger partial charge in [-0.05, 0) is 37.1 Å². The first-order valence-electron chi connectivity index (χ1n) is 14.3. The van der Waals surface area contributed by atoms with Gasteiger partial charge in [0.15, 0.2) is 0 Å². The standard InChI is InChI=1S/C30H30N6O8S4/c1-43-19-11-5-3-9-17(19)25(39)33-31-21(37)13-7-15-35-27(41)23(47-29(35)45)24-28(42)36(30(46)48-24)16-8-14-22(38)32-34-26(40)18-10-4-6-12-20(18)44-2/h3-6,9-12H,7-8,13-16H2,1-2H3,(H,31,37)(H,32,38)(H,33,39)(H,34,40). The predicted molar refractivity (Wildman–Crippen MR) is 187 cm³/mol. The first-order chi connectivity index (χ1) is 23.0. The highest BCUT2D eigenvalue weighted by Gasteiger charge is 2.41. The lowest BCUT2D eigenvalue weighted by molar-refractivity contribution is -0.125. The van der Waals surface area contributed by atoms with Gasteiger partial charge in [0.05, 0.1) is 35.2 Å². The Morgan fingerprint density at radius 3 is 1.40 bits per heavy atom. The van der Waals surface area contributed by atoms with Crippen LogP contribution in [-0.4, -0.2) is 81.2 Å². The Balaban J connectivity index is 1.22. The summed E-state index contributed by atoms with van der Waals surface area (Å²) in [6, 6.07) is 13.1. The van der Waals surface area contributed by atoms with E-state index in [-0.39, 0.29) is 68.4 Å². The van der Waals surface area contributed by atoms with Gasteiger partial charge in [-0.2, -0.15) is 0 Å². The number of rotatable bonds is 12. The molecule has 2 aromatic rings. The van der Waals surface area contributed by atoms with Gasteiger partial charge in [0, 0.05) is 25.9 Å². The number of hydrogen-bond acceptors (Lipinski definition) is 12. The van der Waals surface area contributed by atoms with Gasteiger partial charge in [0.1, 0.15) is 20.1 Å². The maximum absolute atomic E-state index is 13.2. The second-order valence-electron chi connectivity index (χ2n) is 9.92. The summed E-state index contributed by atoms with van der Waals surface area (Å²) in [6.45, 7) is 0.232. The van der Waals surface area contributed by atoms with Crippen molar-refractivity contribution in [3.05, 3.63) is 69.5 Å². The zero-order chi connectivity index (χ0) is 34.8. The number of hydrogen-bond donors (Lipinski definition) is 4. The molecule has 4 rings (SSSR count). The summed E-state index contributed by atoms with van der Waals surface area (Å²) in [6.07, 6.45) is 0.438. The third-order valence-electron chi connectivity index (χ3n) is 6.81. The van der Waals surface area contributed by atoms with Gasteiger partial charge in [0.25, 0.3) is 23.6 Å². The minimum absolute atomic E-state index is 0.0155. The highest BCUT2D eigenvalue weighted by Crippen LogP contribution is 2.42. The van der Waals surface area contributed by atoms with Crippen LogP contribution in [-0.2, 0) is 19.2 Å². The molecule has 252 valence electrons. The molecule has 6 amide bonds. The third kappa shape index (κ3) is 8.88. The van der Waals surface area contributed by atoms with Crippen molar-refractivity contribution in [3.8, 4) is 11.5 Å². The zero-order valence-electron chi connectivity index (χ0n) is 25.7. The zero-order valence-corrected chi connectivity index (χ0v) is 28.9. The molecule has 2 saturated heterocycles. The van der Waals surface area contributed by atoms with Crippen LogP contribution in [0.3, 0.4) is 0 Å². The Morgan fingerprint density at radius 2 is 1.02 bits per heavy atom. The summed E-state index contributed by atoms with van der Waals surface area (Å²) in [5.74, 6) is -2.29. The van der Waals surface area contributed by atoms with Crippen LogP contribution in [0, 0.1) is 0 Å². The summed E-state index contributed by atoms with van der Waals surface area (Å²) in [5, 5.41) is 0. The van der Waals surface area contributed by atoms with E-state index in [1.807, 2.05) is 0 Å². The molecule has 0 aromatic heterocycles. The molecule has 48 heavy (non-hydrogen) atoms. The van der Waals surface area contributed by atoms with E-state index < -0.39 is 35.4 Å². The van der Waals surface area contributed by atoms with Crippen LogP contribution in [0.4, 0.5) is 0 Å². The van der Waals surface area contributed by atoms with E-state index in [1.54, 1.807) is 48.5 Å². The Bertz CT molecular complexity index is 1580. The Kier molecular flexibility index (Phi) is 12.9. The van der Waals surface area contributed by atoms with Crippen molar-refractivity contribution in [2.45, 2.75) is 25.7 Å². The number of hydrazine groups is 2. The molecule has 0 spiro atoms. The van der Waals surface area contributed by atoms with Crippen molar-refractivity contribution >= 4 is 92.0 Å².